The van der Waals surface area contributed by atoms with Crippen LogP contribution in [0.4, 0.5) is 5.82 Å². The number of aromatic nitrogens is 2. The molecule has 6 nitrogen and oxygen atoms in total. The number of amides is 1. The highest BCUT2D eigenvalue weighted by molar-refractivity contribution is 6.02. The third-order valence-electron chi connectivity index (χ3n) is 6.96. The molecule has 37 heavy (non-hydrogen) atoms. The summed E-state index contributed by atoms with van der Waals surface area (Å²) in [7, 11) is 0. The zero-order valence-corrected chi connectivity index (χ0v) is 22.3. The minimum atomic E-state index is -0.470. The number of ether oxygens (including phenoxy) is 1. The summed E-state index contributed by atoms with van der Waals surface area (Å²) in [6.07, 6.45) is 9.64. The average molecular weight is 500 g/mol. The molecule has 1 aliphatic carbocycles. The van der Waals surface area contributed by atoms with Crippen molar-refractivity contribution in [3.8, 4) is 5.69 Å². The molecule has 1 aliphatic rings. The van der Waals surface area contributed by atoms with Gasteiger partial charge in [0.15, 0.2) is 5.82 Å². The first-order valence-corrected chi connectivity index (χ1v) is 13.3. The van der Waals surface area contributed by atoms with Crippen LogP contribution in [0.3, 0.4) is 0 Å². The molecule has 0 saturated heterocycles. The van der Waals surface area contributed by atoms with Gasteiger partial charge in [-0.25, -0.2) is 9.48 Å². The molecule has 0 aliphatic heterocycles. The molecule has 1 aromatic heterocycles. The van der Waals surface area contributed by atoms with Crippen molar-refractivity contribution in [3.63, 3.8) is 0 Å². The Morgan fingerprint density at radius 3 is 2.22 bits per heavy atom. The van der Waals surface area contributed by atoms with Gasteiger partial charge in [0, 0.05) is 18.2 Å². The lowest BCUT2D eigenvalue weighted by Crippen LogP contribution is -2.43. The van der Waals surface area contributed by atoms with Gasteiger partial charge in [-0.2, -0.15) is 0 Å². The molecule has 0 N–H and O–H groups in total. The SMILES string of the molecule is CCOC(=O)c1cn(-c2ccc(C=Cc3ccccc3)cc2)nc1N(C(=O)[C@H]1CC[C@H](C)CC1)C(C)C. The molecule has 2 aromatic carbocycles. The van der Waals surface area contributed by atoms with Crippen LogP contribution in [0.2, 0.25) is 0 Å². The van der Waals surface area contributed by atoms with Gasteiger partial charge in [0.2, 0.25) is 5.91 Å². The fraction of sp³-hybridized carbons (Fsp3) is 0.387. The molecule has 4 rings (SSSR count). The zero-order chi connectivity index (χ0) is 26.4. The fourth-order valence-electron chi connectivity index (χ4n) is 4.83. The lowest BCUT2D eigenvalue weighted by molar-refractivity contribution is -0.124. The van der Waals surface area contributed by atoms with Gasteiger partial charge in [-0.05, 0) is 75.6 Å². The summed E-state index contributed by atoms with van der Waals surface area (Å²) in [5.74, 6) is 0.539. The molecular weight excluding hydrogens is 462 g/mol. The van der Waals surface area contributed by atoms with E-state index in [1.54, 1.807) is 22.7 Å². The maximum Gasteiger partial charge on any atom is 0.343 e. The predicted octanol–water partition coefficient (Wildman–Crippen LogP) is 6.79. The maximum absolute atomic E-state index is 13.7. The molecule has 194 valence electrons. The summed E-state index contributed by atoms with van der Waals surface area (Å²) in [4.78, 5) is 28.3. The van der Waals surface area contributed by atoms with E-state index in [1.807, 2.05) is 56.3 Å². The number of anilines is 1. The van der Waals surface area contributed by atoms with Crippen LogP contribution in [-0.2, 0) is 9.53 Å². The topological polar surface area (TPSA) is 64.4 Å². The van der Waals surface area contributed by atoms with Crippen LogP contribution in [0, 0.1) is 11.8 Å². The molecule has 1 amide bonds. The van der Waals surface area contributed by atoms with E-state index < -0.39 is 5.97 Å². The number of hydrogen-bond acceptors (Lipinski definition) is 4. The number of carbonyl (C=O) groups excluding carboxylic acids is 2. The van der Waals surface area contributed by atoms with Gasteiger partial charge in [-0.15, -0.1) is 5.10 Å². The van der Waals surface area contributed by atoms with Gasteiger partial charge in [-0.3, -0.25) is 9.69 Å². The van der Waals surface area contributed by atoms with E-state index in [-0.39, 0.29) is 24.5 Å². The van der Waals surface area contributed by atoms with Crippen molar-refractivity contribution in [2.75, 3.05) is 11.5 Å². The first-order valence-electron chi connectivity index (χ1n) is 13.3. The second-order valence-corrected chi connectivity index (χ2v) is 10.1. The third kappa shape index (κ3) is 6.37. The summed E-state index contributed by atoms with van der Waals surface area (Å²) in [5, 5.41) is 4.76. The Morgan fingerprint density at radius 2 is 1.62 bits per heavy atom. The lowest BCUT2D eigenvalue weighted by Gasteiger charge is -2.32. The first-order chi connectivity index (χ1) is 17.9. The normalized spacial score (nSPS) is 17.8. The summed E-state index contributed by atoms with van der Waals surface area (Å²) < 4.78 is 7.01. The molecule has 1 fully saturated rings. The number of hydrogen-bond donors (Lipinski definition) is 0. The zero-order valence-electron chi connectivity index (χ0n) is 22.3. The summed E-state index contributed by atoms with van der Waals surface area (Å²) in [6.45, 7) is 8.20. The Balaban J connectivity index is 1.64. The van der Waals surface area contributed by atoms with Crippen molar-refractivity contribution in [1.29, 1.82) is 0 Å². The van der Waals surface area contributed by atoms with Crippen molar-refractivity contribution >= 4 is 29.8 Å². The van der Waals surface area contributed by atoms with E-state index in [2.05, 4.69) is 31.2 Å². The van der Waals surface area contributed by atoms with Crippen LogP contribution in [-0.4, -0.2) is 34.3 Å². The summed E-state index contributed by atoms with van der Waals surface area (Å²) in [6, 6.07) is 17.9. The van der Waals surface area contributed by atoms with Crippen LogP contribution >= 0.6 is 0 Å². The fourth-order valence-corrected chi connectivity index (χ4v) is 4.83. The number of benzene rings is 2. The molecule has 1 heterocycles. The molecule has 1 saturated carbocycles. The van der Waals surface area contributed by atoms with Crippen LogP contribution in [0.5, 0.6) is 0 Å². The molecule has 0 spiro atoms. The van der Waals surface area contributed by atoms with Crippen LogP contribution in [0.15, 0.2) is 60.8 Å². The maximum atomic E-state index is 13.7. The molecule has 3 aromatic rings. The Morgan fingerprint density at radius 1 is 1.00 bits per heavy atom. The predicted molar refractivity (Wildman–Crippen MR) is 149 cm³/mol. The van der Waals surface area contributed by atoms with Crippen molar-refractivity contribution in [2.24, 2.45) is 11.8 Å². The van der Waals surface area contributed by atoms with Crippen LogP contribution < -0.4 is 4.90 Å². The van der Waals surface area contributed by atoms with Crippen molar-refractivity contribution in [1.82, 2.24) is 9.78 Å². The number of esters is 1. The quantitative estimate of drug-likeness (QED) is 0.253. The highest BCUT2D eigenvalue weighted by Crippen LogP contribution is 2.33. The van der Waals surface area contributed by atoms with Gasteiger partial charge in [0.05, 0.1) is 12.3 Å². The van der Waals surface area contributed by atoms with Crippen LogP contribution in [0.25, 0.3) is 17.8 Å². The van der Waals surface area contributed by atoms with Gasteiger partial charge in [0.1, 0.15) is 5.56 Å². The highest BCUT2D eigenvalue weighted by atomic mass is 16.5. The highest BCUT2D eigenvalue weighted by Gasteiger charge is 2.34. The van der Waals surface area contributed by atoms with E-state index in [4.69, 9.17) is 9.84 Å². The monoisotopic (exact) mass is 499 g/mol. The third-order valence-corrected chi connectivity index (χ3v) is 6.96. The summed E-state index contributed by atoms with van der Waals surface area (Å²) in [5.41, 5.74) is 3.29. The Bertz CT molecular complexity index is 1220. The Hall–Kier alpha value is -3.67. The molecule has 6 heteroatoms. The molecule has 0 unspecified atom stereocenters. The van der Waals surface area contributed by atoms with E-state index in [1.165, 1.54) is 0 Å². The average Bonchev–Trinajstić information content (AvgIpc) is 3.33. The van der Waals surface area contributed by atoms with Gasteiger partial charge in [-0.1, -0.05) is 61.5 Å². The van der Waals surface area contributed by atoms with Crippen molar-refractivity contribution in [3.05, 3.63) is 77.5 Å². The Kier molecular flexibility index (Phi) is 8.59. The van der Waals surface area contributed by atoms with Gasteiger partial charge in [0.25, 0.3) is 0 Å². The minimum Gasteiger partial charge on any atom is -0.462 e. The second-order valence-electron chi connectivity index (χ2n) is 10.1. The van der Waals surface area contributed by atoms with E-state index >= 15 is 0 Å². The first kappa shape index (κ1) is 26.4. The van der Waals surface area contributed by atoms with Crippen molar-refractivity contribution < 1.29 is 14.3 Å². The van der Waals surface area contributed by atoms with Gasteiger partial charge >= 0.3 is 5.97 Å². The standard InChI is InChI=1S/C31H37N3O3/c1-5-37-31(36)28-21-33(27-19-15-25(16-20-27)14-13-24-9-7-6-8-10-24)32-29(28)34(22(2)3)30(35)26-17-11-23(4)12-18-26/h6-10,13-16,19-23,26H,5,11-12,17-18H2,1-4H3/t23-,26-. The van der Waals surface area contributed by atoms with Crippen molar-refractivity contribution in [2.45, 2.75) is 59.4 Å². The number of nitrogens with zero attached hydrogens (tertiary/aromatic N) is 3. The molecule has 0 atom stereocenters. The Labute approximate surface area is 219 Å². The van der Waals surface area contributed by atoms with E-state index in [0.29, 0.717) is 17.3 Å². The summed E-state index contributed by atoms with van der Waals surface area (Å²) >= 11 is 0. The minimum absolute atomic E-state index is 0.0408. The number of rotatable bonds is 8. The van der Waals surface area contributed by atoms with E-state index in [0.717, 1.165) is 42.5 Å². The molecular formula is C31H37N3O3. The molecule has 0 radical (unpaired) electrons. The molecule has 0 bridgehead atoms. The van der Waals surface area contributed by atoms with E-state index in [9.17, 15) is 9.59 Å². The second kappa shape index (κ2) is 12.0. The van der Waals surface area contributed by atoms with Crippen LogP contribution in [0.1, 0.15) is 74.9 Å². The lowest BCUT2D eigenvalue weighted by atomic mass is 9.82. The number of carbonyl (C=O) groups is 2. The smallest absolute Gasteiger partial charge is 0.343 e. The van der Waals surface area contributed by atoms with Gasteiger partial charge < -0.3 is 4.74 Å². The largest absolute Gasteiger partial charge is 0.462 e.